The number of nitrogens with zero attached hydrogens (tertiary/aromatic N) is 1. The van der Waals surface area contributed by atoms with Crippen molar-refractivity contribution in [3.63, 3.8) is 0 Å². The van der Waals surface area contributed by atoms with E-state index in [4.69, 9.17) is 21.1 Å². The number of hydrogen-bond donors (Lipinski definition) is 4. The van der Waals surface area contributed by atoms with Gasteiger partial charge in [0.25, 0.3) is 0 Å². The van der Waals surface area contributed by atoms with E-state index in [1.54, 1.807) is 0 Å². The summed E-state index contributed by atoms with van der Waals surface area (Å²) in [5, 5.41) is 25.0. The van der Waals surface area contributed by atoms with Crippen LogP contribution >= 0.6 is 0 Å². The molecule has 6 heteroatoms. The molecule has 0 saturated carbocycles. The molecule has 0 heterocycles. The van der Waals surface area contributed by atoms with E-state index in [0.717, 1.165) is 4.48 Å². The van der Waals surface area contributed by atoms with Crippen molar-refractivity contribution in [2.45, 2.75) is 5.54 Å². The summed E-state index contributed by atoms with van der Waals surface area (Å²) in [4.78, 5) is 0. The maximum absolute atomic E-state index is 8.34. The summed E-state index contributed by atoms with van der Waals surface area (Å²) in [7, 11) is 8.50. The molecule has 0 aliphatic carbocycles. The van der Waals surface area contributed by atoms with Crippen molar-refractivity contribution in [1.82, 2.24) is 0 Å². The molecule has 0 bridgehead atoms. The van der Waals surface area contributed by atoms with Crippen molar-refractivity contribution >= 4 is 0 Å². The minimum absolute atomic E-state index is 0. The van der Waals surface area contributed by atoms with Crippen LogP contribution < -0.4 is 5.73 Å². The van der Waals surface area contributed by atoms with Crippen molar-refractivity contribution < 1.29 is 25.3 Å². The van der Waals surface area contributed by atoms with Gasteiger partial charge in [-0.1, -0.05) is 0 Å². The normalized spacial score (nSPS) is 11.1. The van der Waals surface area contributed by atoms with Crippen LogP contribution in [0.15, 0.2) is 0 Å². The van der Waals surface area contributed by atoms with Crippen LogP contribution in [0.25, 0.3) is 0 Å². The van der Waals surface area contributed by atoms with E-state index in [1.165, 1.54) is 0 Å². The zero-order valence-corrected chi connectivity index (χ0v) is 9.43. The van der Waals surface area contributed by atoms with Gasteiger partial charge in [0.2, 0.25) is 0 Å². The Morgan fingerprint density at radius 2 is 1.07 bits per heavy atom. The van der Waals surface area contributed by atoms with Gasteiger partial charge in [-0.25, -0.2) is 0 Å². The molecule has 0 aromatic carbocycles. The highest BCUT2D eigenvalue weighted by atomic mass is 16.3. The van der Waals surface area contributed by atoms with Gasteiger partial charge in [0.15, 0.2) is 0 Å². The van der Waals surface area contributed by atoms with Crippen LogP contribution in [0.1, 0.15) is 0 Å². The molecule has 0 radical (unpaired) electrons. The van der Waals surface area contributed by atoms with E-state index >= 15 is 0 Å². The Morgan fingerprint density at radius 3 is 1.07 bits per heavy atom. The summed E-state index contributed by atoms with van der Waals surface area (Å²) in [6, 6.07) is 0. The molecule has 6 N–H and O–H groups in total. The molecule has 0 rings (SSSR count). The molecule has 6 nitrogen and oxygen atoms in total. The van der Waals surface area contributed by atoms with Gasteiger partial charge in [0, 0.05) is 0 Å². The van der Waals surface area contributed by atoms with Gasteiger partial charge in [0.1, 0.15) is 0 Å². The van der Waals surface area contributed by atoms with Gasteiger partial charge in [-0.15, -0.1) is 0 Å². The molecule has 0 aliphatic heterocycles. The van der Waals surface area contributed by atoms with E-state index in [1.807, 2.05) is 0 Å². The molecule has 0 spiro atoms. The quantitative estimate of drug-likeness (QED) is 0.396. The Hall–Kier alpha value is -0.240. The first kappa shape index (κ1) is 19.4. The van der Waals surface area contributed by atoms with Crippen molar-refractivity contribution in [2.24, 2.45) is 5.73 Å². The van der Waals surface area contributed by atoms with Gasteiger partial charge in [-0.3, -0.25) is 0 Å². The summed E-state index contributed by atoms with van der Waals surface area (Å²) in [5.41, 5.74) is 3.94. The molecule has 14 heavy (non-hydrogen) atoms. The largest absolute Gasteiger partial charge is 0.870 e. The lowest BCUT2D eigenvalue weighted by molar-refractivity contribution is -0.849. The van der Waals surface area contributed by atoms with Crippen LogP contribution in [0.2, 0.25) is 0 Å². The number of rotatable bonds is 3. The summed E-state index contributed by atoms with van der Waals surface area (Å²) in [6.45, 7) is -1.21. The first-order valence-corrected chi connectivity index (χ1v) is 4.09. The molecule has 0 saturated heterocycles. The SMILES string of the molecule is C[N+](C)(C)C.NC(CO)(CO)CO.[OH-]. The van der Waals surface area contributed by atoms with Gasteiger partial charge < -0.3 is 31.0 Å². The number of aliphatic hydroxyl groups excluding tert-OH is 3. The number of quaternary nitrogens is 1. The Labute approximate surface area is 85.5 Å². The second-order valence-electron chi connectivity index (χ2n) is 4.52. The van der Waals surface area contributed by atoms with Gasteiger partial charge in [0.05, 0.1) is 53.6 Å². The summed E-state index contributed by atoms with van der Waals surface area (Å²) in [5.74, 6) is 0. The highest BCUT2D eigenvalue weighted by molar-refractivity contribution is 4.80. The smallest absolute Gasteiger partial charge is 0.0856 e. The van der Waals surface area contributed by atoms with E-state index in [2.05, 4.69) is 28.2 Å². The third-order valence-electron chi connectivity index (χ3n) is 0.945. The Bertz CT molecular complexity index is 107. The molecule has 90 valence electrons. The minimum Gasteiger partial charge on any atom is -0.870 e. The molecule has 0 atom stereocenters. The van der Waals surface area contributed by atoms with Gasteiger partial charge in [-0.05, 0) is 0 Å². The summed E-state index contributed by atoms with van der Waals surface area (Å²) >= 11 is 0. The minimum atomic E-state index is -1.21. The predicted octanol–water partition coefficient (Wildman–Crippen LogP) is -2.19. The second kappa shape index (κ2) is 8.10. The lowest BCUT2D eigenvalue weighted by Crippen LogP contribution is -2.50. The Kier molecular flexibility index (Phi) is 11.2. The Balaban J connectivity index is -0.000000177. The first-order valence-electron chi connectivity index (χ1n) is 4.09. The lowest BCUT2D eigenvalue weighted by atomic mass is 10.1. The van der Waals surface area contributed by atoms with Crippen molar-refractivity contribution in [3.05, 3.63) is 0 Å². The molecule has 0 amide bonds. The van der Waals surface area contributed by atoms with Crippen LogP contribution in [0, 0.1) is 0 Å². The maximum atomic E-state index is 8.34. The Morgan fingerprint density at radius 1 is 0.929 bits per heavy atom. The fourth-order valence-corrected chi connectivity index (χ4v) is 0.150. The van der Waals surface area contributed by atoms with E-state index in [0.29, 0.717) is 0 Å². The standard InChI is InChI=1S/C4H11NO3.C4H12N.H2O/c5-4(1-6,2-7)3-8;1-5(2,3)4;/h6-8H,1-3,5H2;1-4H3;1H2/q;+1;/p-1. The third kappa shape index (κ3) is 17.7. The van der Waals surface area contributed by atoms with Crippen LogP contribution in [0.4, 0.5) is 0 Å². The number of hydrogen-bond acceptors (Lipinski definition) is 5. The molecule has 0 unspecified atom stereocenters. The van der Waals surface area contributed by atoms with Crippen molar-refractivity contribution in [3.8, 4) is 0 Å². The van der Waals surface area contributed by atoms with E-state index in [-0.39, 0.29) is 5.48 Å². The molecule has 0 aromatic rings. The van der Waals surface area contributed by atoms with Crippen molar-refractivity contribution in [1.29, 1.82) is 0 Å². The van der Waals surface area contributed by atoms with Crippen LogP contribution in [0.3, 0.4) is 0 Å². The average molecular weight is 212 g/mol. The predicted molar refractivity (Wildman–Crippen MR) is 54.1 cm³/mol. The van der Waals surface area contributed by atoms with Crippen LogP contribution in [0.5, 0.6) is 0 Å². The monoisotopic (exact) mass is 212 g/mol. The van der Waals surface area contributed by atoms with Crippen LogP contribution in [-0.2, 0) is 0 Å². The fourth-order valence-electron chi connectivity index (χ4n) is 0.150. The zero-order valence-electron chi connectivity index (χ0n) is 9.43. The topological polar surface area (TPSA) is 117 Å². The zero-order chi connectivity index (χ0) is 11.1. The number of nitrogens with two attached hydrogens (primary N) is 1. The summed E-state index contributed by atoms with van der Waals surface area (Å²) in [6.07, 6.45) is 0. The molecular formula is C8H24N2O4. The maximum Gasteiger partial charge on any atom is 0.0856 e. The third-order valence-corrected chi connectivity index (χ3v) is 0.945. The number of aliphatic hydroxyl groups is 3. The molecule has 0 fully saturated rings. The summed E-state index contributed by atoms with van der Waals surface area (Å²) < 4.78 is 1.00. The van der Waals surface area contributed by atoms with Crippen molar-refractivity contribution in [2.75, 3.05) is 48.0 Å². The van der Waals surface area contributed by atoms with Gasteiger partial charge in [-0.2, -0.15) is 0 Å². The molecule has 0 aliphatic rings. The van der Waals surface area contributed by atoms with Crippen LogP contribution in [-0.4, -0.2) is 78.8 Å². The second-order valence-corrected chi connectivity index (χ2v) is 4.52. The van der Waals surface area contributed by atoms with E-state index < -0.39 is 25.4 Å². The van der Waals surface area contributed by atoms with Gasteiger partial charge >= 0.3 is 0 Å². The van der Waals surface area contributed by atoms with E-state index in [9.17, 15) is 0 Å². The lowest BCUT2D eigenvalue weighted by Gasteiger charge is -2.20. The fraction of sp³-hybridized carbons (Fsp3) is 1.00. The first-order chi connectivity index (χ1) is 5.68. The molecule has 0 aromatic heterocycles. The highest BCUT2D eigenvalue weighted by Gasteiger charge is 2.20. The highest BCUT2D eigenvalue weighted by Crippen LogP contribution is 1.93. The molecular weight excluding hydrogens is 188 g/mol. The average Bonchev–Trinajstić information content (AvgIpc) is 2.00.